The second-order valence-corrected chi connectivity index (χ2v) is 4.14. The van der Waals surface area contributed by atoms with Crippen molar-refractivity contribution in [3.05, 3.63) is 12.2 Å². The Morgan fingerprint density at radius 3 is 3.00 bits per heavy atom. The molecule has 1 heterocycles. The smallest absolute Gasteiger partial charge is 0.303 e. The van der Waals surface area contributed by atoms with Crippen LogP contribution < -0.4 is 5.32 Å². The molecule has 1 unspecified atom stereocenters. The highest BCUT2D eigenvalue weighted by atomic mass is 16.4. The Hall–Kier alpha value is -0.830. The van der Waals surface area contributed by atoms with E-state index in [1.54, 1.807) is 0 Å². The number of hydrogen-bond donors (Lipinski definition) is 2. The second-order valence-electron chi connectivity index (χ2n) is 4.14. The number of rotatable bonds is 5. The summed E-state index contributed by atoms with van der Waals surface area (Å²) in [6.07, 6.45) is 11.2. The molecule has 1 atom stereocenters. The van der Waals surface area contributed by atoms with Crippen LogP contribution in [0.3, 0.4) is 0 Å². The van der Waals surface area contributed by atoms with Gasteiger partial charge in [0, 0.05) is 12.5 Å². The van der Waals surface area contributed by atoms with E-state index in [0.717, 1.165) is 13.0 Å². The highest BCUT2D eigenvalue weighted by Crippen LogP contribution is 2.11. The first kappa shape index (κ1) is 12.2. The molecule has 86 valence electrons. The molecular weight excluding hydrogens is 190 g/mol. The van der Waals surface area contributed by atoms with Crippen molar-refractivity contribution in [1.82, 2.24) is 5.32 Å². The highest BCUT2D eigenvalue weighted by Gasteiger charge is 2.08. The maximum absolute atomic E-state index is 10.3. The number of aliphatic carboxylic acids is 1. The van der Waals surface area contributed by atoms with E-state index >= 15 is 0 Å². The van der Waals surface area contributed by atoms with E-state index in [4.69, 9.17) is 5.11 Å². The van der Waals surface area contributed by atoms with Crippen LogP contribution in [0.1, 0.15) is 44.9 Å². The summed E-state index contributed by atoms with van der Waals surface area (Å²) in [5.41, 5.74) is 0. The van der Waals surface area contributed by atoms with Gasteiger partial charge in [0.05, 0.1) is 0 Å². The lowest BCUT2D eigenvalue weighted by atomic mass is 10.1. The van der Waals surface area contributed by atoms with Crippen LogP contribution in [0.5, 0.6) is 0 Å². The van der Waals surface area contributed by atoms with Crippen LogP contribution in [0.4, 0.5) is 0 Å². The number of carbonyl (C=O) groups is 1. The van der Waals surface area contributed by atoms with E-state index in [1.165, 1.54) is 25.7 Å². The number of allylic oxidation sites excluding steroid dienone is 1. The number of carboxylic acids is 1. The van der Waals surface area contributed by atoms with Gasteiger partial charge in [-0.3, -0.25) is 4.79 Å². The van der Waals surface area contributed by atoms with Crippen LogP contribution in [0.2, 0.25) is 0 Å². The summed E-state index contributed by atoms with van der Waals surface area (Å²) >= 11 is 0. The van der Waals surface area contributed by atoms with Gasteiger partial charge in [-0.05, 0) is 32.2 Å². The summed E-state index contributed by atoms with van der Waals surface area (Å²) in [6.45, 7) is 1.13. The second kappa shape index (κ2) is 7.46. The molecule has 0 aromatic rings. The minimum atomic E-state index is -0.716. The third kappa shape index (κ3) is 6.28. The third-order valence-corrected chi connectivity index (χ3v) is 2.77. The molecule has 0 radical (unpaired) electrons. The number of nitrogens with one attached hydrogen (secondary N) is 1. The summed E-state index contributed by atoms with van der Waals surface area (Å²) in [7, 11) is 0. The van der Waals surface area contributed by atoms with Crippen LogP contribution in [-0.2, 0) is 4.79 Å². The Labute approximate surface area is 91.6 Å². The van der Waals surface area contributed by atoms with E-state index in [2.05, 4.69) is 11.4 Å². The summed E-state index contributed by atoms with van der Waals surface area (Å²) in [5.74, 6) is -0.716. The fourth-order valence-electron chi connectivity index (χ4n) is 1.89. The zero-order chi connectivity index (χ0) is 10.9. The summed E-state index contributed by atoms with van der Waals surface area (Å²) in [5, 5.41) is 12.0. The van der Waals surface area contributed by atoms with E-state index in [1.807, 2.05) is 6.08 Å². The molecule has 0 saturated carbocycles. The molecule has 3 nitrogen and oxygen atoms in total. The summed E-state index contributed by atoms with van der Waals surface area (Å²) < 4.78 is 0. The van der Waals surface area contributed by atoms with Gasteiger partial charge < -0.3 is 10.4 Å². The molecule has 1 rings (SSSR count). The molecule has 1 fully saturated rings. The van der Waals surface area contributed by atoms with Crippen LogP contribution in [-0.4, -0.2) is 23.7 Å². The molecule has 0 spiro atoms. The van der Waals surface area contributed by atoms with Crippen LogP contribution in [0.15, 0.2) is 12.2 Å². The minimum Gasteiger partial charge on any atom is -0.481 e. The third-order valence-electron chi connectivity index (χ3n) is 2.77. The van der Waals surface area contributed by atoms with Crippen molar-refractivity contribution in [2.45, 2.75) is 51.0 Å². The van der Waals surface area contributed by atoms with Gasteiger partial charge in [0.1, 0.15) is 0 Å². The molecule has 0 amide bonds. The maximum Gasteiger partial charge on any atom is 0.303 e. The van der Waals surface area contributed by atoms with E-state index in [9.17, 15) is 4.79 Å². The quantitative estimate of drug-likeness (QED) is 0.686. The largest absolute Gasteiger partial charge is 0.481 e. The maximum atomic E-state index is 10.3. The Bertz CT molecular complexity index is 206. The molecule has 0 aliphatic carbocycles. The molecule has 1 saturated heterocycles. The Kier molecular flexibility index (Phi) is 6.09. The fraction of sp³-hybridized carbons (Fsp3) is 0.750. The van der Waals surface area contributed by atoms with Crippen molar-refractivity contribution in [2.75, 3.05) is 6.54 Å². The molecular formula is C12H21NO2. The van der Waals surface area contributed by atoms with Crippen LogP contribution in [0, 0.1) is 0 Å². The molecule has 15 heavy (non-hydrogen) atoms. The van der Waals surface area contributed by atoms with Crippen LogP contribution >= 0.6 is 0 Å². The van der Waals surface area contributed by atoms with Gasteiger partial charge in [-0.15, -0.1) is 0 Å². The van der Waals surface area contributed by atoms with Gasteiger partial charge in [-0.1, -0.05) is 25.0 Å². The van der Waals surface area contributed by atoms with Crippen molar-refractivity contribution in [1.29, 1.82) is 0 Å². The van der Waals surface area contributed by atoms with Gasteiger partial charge in [-0.2, -0.15) is 0 Å². The normalized spacial score (nSPS) is 22.8. The highest BCUT2D eigenvalue weighted by molar-refractivity contribution is 5.66. The number of hydrogen-bond acceptors (Lipinski definition) is 2. The average molecular weight is 211 g/mol. The standard InChI is InChI=1S/C12H21NO2/c14-12(15)9-5-1-3-7-11-8-4-2-6-10-13-11/h1,3,11,13H,2,4-10H2,(H,14,15)/b3-1+. The molecule has 3 heteroatoms. The van der Waals surface area contributed by atoms with Gasteiger partial charge >= 0.3 is 5.97 Å². The van der Waals surface area contributed by atoms with Gasteiger partial charge in [0.15, 0.2) is 0 Å². The predicted octanol–water partition coefficient (Wildman–Crippen LogP) is 2.33. The van der Waals surface area contributed by atoms with Crippen molar-refractivity contribution < 1.29 is 9.90 Å². The topological polar surface area (TPSA) is 49.3 Å². The Morgan fingerprint density at radius 2 is 2.20 bits per heavy atom. The van der Waals surface area contributed by atoms with E-state index in [-0.39, 0.29) is 6.42 Å². The van der Waals surface area contributed by atoms with E-state index in [0.29, 0.717) is 12.5 Å². The SMILES string of the molecule is O=C(O)CC/C=C/CC1CCCCCN1. The first-order valence-corrected chi connectivity index (χ1v) is 5.89. The van der Waals surface area contributed by atoms with Crippen molar-refractivity contribution in [3.8, 4) is 0 Å². The predicted molar refractivity (Wildman–Crippen MR) is 60.9 cm³/mol. The Balaban J connectivity index is 2.09. The average Bonchev–Trinajstić information content (AvgIpc) is 2.45. The lowest BCUT2D eigenvalue weighted by Gasteiger charge is -2.12. The lowest BCUT2D eigenvalue weighted by Crippen LogP contribution is -2.27. The van der Waals surface area contributed by atoms with E-state index < -0.39 is 5.97 Å². The molecule has 0 aromatic heterocycles. The van der Waals surface area contributed by atoms with Gasteiger partial charge in [0.25, 0.3) is 0 Å². The fourth-order valence-corrected chi connectivity index (χ4v) is 1.89. The summed E-state index contributed by atoms with van der Waals surface area (Å²) in [6, 6.07) is 0.605. The van der Waals surface area contributed by atoms with Crippen molar-refractivity contribution in [2.24, 2.45) is 0 Å². The molecule has 1 aliphatic rings. The van der Waals surface area contributed by atoms with Crippen molar-refractivity contribution in [3.63, 3.8) is 0 Å². The van der Waals surface area contributed by atoms with Gasteiger partial charge in [0.2, 0.25) is 0 Å². The Morgan fingerprint density at radius 1 is 1.33 bits per heavy atom. The molecule has 2 N–H and O–H groups in total. The minimum absolute atomic E-state index is 0.245. The zero-order valence-electron chi connectivity index (χ0n) is 9.24. The van der Waals surface area contributed by atoms with Crippen LogP contribution in [0.25, 0.3) is 0 Å². The first-order chi connectivity index (χ1) is 7.29. The van der Waals surface area contributed by atoms with Crippen molar-refractivity contribution >= 4 is 5.97 Å². The molecule has 0 bridgehead atoms. The van der Waals surface area contributed by atoms with Gasteiger partial charge in [-0.25, -0.2) is 0 Å². The first-order valence-electron chi connectivity index (χ1n) is 5.89. The lowest BCUT2D eigenvalue weighted by molar-refractivity contribution is -0.136. The number of carboxylic acid groups (broad SMARTS) is 1. The monoisotopic (exact) mass is 211 g/mol. The molecule has 1 aliphatic heterocycles. The zero-order valence-corrected chi connectivity index (χ0v) is 9.24. The molecule has 0 aromatic carbocycles. The summed E-state index contributed by atoms with van der Waals surface area (Å²) in [4.78, 5) is 10.3.